The molecule has 0 saturated carbocycles. The maximum atomic E-state index is 6.76. The molecule has 0 unspecified atom stereocenters. The highest BCUT2D eigenvalue weighted by molar-refractivity contribution is 6.17. The molecular weight excluding hydrogens is 807 g/mol. The molecule has 1 aliphatic rings. The van der Waals surface area contributed by atoms with Crippen molar-refractivity contribution < 1.29 is 8.83 Å². The highest BCUT2D eigenvalue weighted by Crippen LogP contribution is 2.51. The Hall–Kier alpha value is -8.54. The molecule has 0 amide bonds. The molecule has 0 bridgehead atoms. The molecule has 310 valence electrons. The number of hydrogen-bond acceptors (Lipinski definition) is 4. The van der Waals surface area contributed by atoms with Crippen molar-refractivity contribution in [1.82, 2.24) is 14.5 Å². The summed E-state index contributed by atoms with van der Waals surface area (Å²) in [5.41, 5.74) is 19.6. The molecular formula is C61H39N3O2. The molecule has 1 aliphatic carbocycles. The van der Waals surface area contributed by atoms with E-state index in [4.69, 9.17) is 18.8 Å². The van der Waals surface area contributed by atoms with Crippen molar-refractivity contribution >= 4 is 65.8 Å². The summed E-state index contributed by atoms with van der Waals surface area (Å²) in [5.74, 6) is 0.636. The van der Waals surface area contributed by atoms with Gasteiger partial charge in [0.05, 0.1) is 11.0 Å². The van der Waals surface area contributed by atoms with Crippen LogP contribution in [0.1, 0.15) is 25.0 Å². The van der Waals surface area contributed by atoms with Crippen LogP contribution in [0, 0.1) is 0 Å². The Morgan fingerprint density at radius 1 is 0.409 bits per heavy atom. The summed E-state index contributed by atoms with van der Waals surface area (Å²) in [6, 6.07) is 71.2. The van der Waals surface area contributed by atoms with Crippen LogP contribution in [0.15, 0.2) is 209 Å². The number of furan rings is 2. The predicted octanol–water partition coefficient (Wildman–Crippen LogP) is 16.3. The average molecular weight is 846 g/mol. The maximum absolute atomic E-state index is 6.76. The van der Waals surface area contributed by atoms with Crippen LogP contribution >= 0.6 is 0 Å². The van der Waals surface area contributed by atoms with Crippen LogP contribution < -0.4 is 0 Å². The van der Waals surface area contributed by atoms with Gasteiger partial charge in [0.25, 0.3) is 0 Å². The standard InChI is InChI=1S/C61H39N3O2/c1-61(2)49-23-13-12-21-42(49)44-34-46-45-31-39(25-28-51(45)64(52(46)35-50(44)61)41-19-10-5-11-20-41)40-27-29-53-47(32-40)56-43(22-14-24-55(56)65-53)57-59-58(63-60(62-57)37-17-8-4-9-18-37)48-33-38(26-30-54(48)66-59)36-15-6-3-7-16-36/h3-35H,1-2H3. The highest BCUT2D eigenvalue weighted by atomic mass is 16.3. The zero-order chi connectivity index (χ0) is 43.7. The number of aromatic nitrogens is 3. The van der Waals surface area contributed by atoms with Crippen molar-refractivity contribution in [3.8, 4) is 61.7 Å². The van der Waals surface area contributed by atoms with E-state index >= 15 is 0 Å². The molecule has 66 heavy (non-hydrogen) atoms. The Kier molecular flexibility index (Phi) is 7.68. The van der Waals surface area contributed by atoms with Gasteiger partial charge in [-0.25, -0.2) is 9.97 Å². The summed E-state index contributed by atoms with van der Waals surface area (Å²) in [4.78, 5) is 10.5. The lowest BCUT2D eigenvalue weighted by molar-refractivity contribution is 0.661. The van der Waals surface area contributed by atoms with Crippen molar-refractivity contribution in [1.29, 1.82) is 0 Å². The number of rotatable bonds is 5. The number of benzene rings is 9. The third-order valence-corrected chi connectivity index (χ3v) is 14.0. The predicted molar refractivity (Wildman–Crippen MR) is 270 cm³/mol. The molecule has 5 heteroatoms. The summed E-state index contributed by atoms with van der Waals surface area (Å²) in [7, 11) is 0. The van der Waals surface area contributed by atoms with Crippen LogP contribution in [-0.2, 0) is 5.41 Å². The van der Waals surface area contributed by atoms with Crippen molar-refractivity contribution in [3.05, 3.63) is 211 Å². The monoisotopic (exact) mass is 845 g/mol. The van der Waals surface area contributed by atoms with Crippen molar-refractivity contribution in [2.75, 3.05) is 0 Å². The SMILES string of the molecule is CC1(C)c2ccccc2-c2cc3c4cc(-c5ccc6oc7cccc(-c8nc(-c9ccccc9)nc9c8oc8ccc(-c%10ccccc%10)cc89)c7c6c5)ccc4n(-c4ccccc4)c3cc21. The lowest BCUT2D eigenvalue weighted by Crippen LogP contribution is -2.14. The van der Waals surface area contributed by atoms with E-state index in [0.717, 1.165) is 83.2 Å². The first-order valence-corrected chi connectivity index (χ1v) is 22.6. The van der Waals surface area contributed by atoms with Gasteiger partial charge in [-0.1, -0.05) is 147 Å². The van der Waals surface area contributed by atoms with Crippen LogP contribution in [0.2, 0.25) is 0 Å². The lowest BCUT2D eigenvalue weighted by Gasteiger charge is -2.21. The fourth-order valence-electron chi connectivity index (χ4n) is 10.8. The molecule has 4 heterocycles. The van der Waals surface area contributed by atoms with Crippen molar-refractivity contribution in [2.24, 2.45) is 0 Å². The third-order valence-electron chi connectivity index (χ3n) is 14.0. The number of para-hydroxylation sites is 1. The molecule has 13 aromatic rings. The maximum Gasteiger partial charge on any atom is 0.180 e. The quantitative estimate of drug-likeness (QED) is 0.173. The summed E-state index contributed by atoms with van der Waals surface area (Å²) < 4.78 is 15.8. The van der Waals surface area contributed by atoms with Crippen LogP contribution in [-0.4, -0.2) is 14.5 Å². The van der Waals surface area contributed by atoms with E-state index in [-0.39, 0.29) is 5.41 Å². The van der Waals surface area contributed by atoms with E-state index in [1.165, 1.54) is 44.1 Å². The van der Waals surface area contributed by atoms with Gasteiger partial charge >= 0.3 is 0 Å². The first-order valence-electron chi connectivity index (χ1n) is 22.6. The largest absolute Gasteiger partial charge is 0.456 e. The van der Waals surface area contributed by atoms with Crippen LogP contribution in [0.4, 0.5) is 0 Å². The van der Waals surface area contributed by atoms with E-state index in [0.29, 0.717) is 11.4 Å². The molecule has 5 nitrogen and oxygen atoms in total. The van der Waals surface area contributed by atoms with Gasteiger partial charge in [0.1, 0.15) is 28.0 Å². The topological polar surface area (TPSA) is 57.0 Å². The molecule has 0 aliphatic heterocycles. The summed E-state index contributed by atoms with van der Waals surface area (Å²) >= 11 is 0. The highest BCUT2D eigenvalue weighted by Gasteiger charge is 2.36. The molecule has 0 fully saturated rings. The van der Waals surface area contributed by atoms with Crippen LogP contribution in [0.5, 0.6) is 0 Å². The van der Waals surface area contributed by atoms with Crippen LogP contribution in [0.25, 0.3) is 128 Å². The van der Waals surface area contributed by atoms with E-state index in [1.807, 2.05) is 42.5 Å². The number of fused-ring (bicyclic) bond motifs is 12. The normalized spacial score (nSPS) is 13.1. The van der Waals surface area contributed by atoms with E-state index in [2.05, 4.69) is 176 Å². The van der Waals surface area contributed by atoms with Gasteiger partial charge in [-0.15, -0.1) is 0 Å². The molecule has 14 rings (SSSR count). The smallest absolute Gasteiger partial charge is 0.180 e. The molecule has 0 atom stereocenters. The summed E-state index contributed by atoms with van der Waals surface area (Å²) in [5, 5.41) is 5.39. The van der Waals surface area contributed by atoms with Crippen molar-refractivity contribution in [2.45, 2.75) is 19.3 Å². The van der Waals surface area contributed by atoms with Gasteiger partial charge in [0.2, 0.25) is 0 Å². The number of nitrogens with zero attached hydrogens (tertiary/aromatic N) is 3. The van der Waals surface area contributed by atoms with Crippen LogP contribution in [0.3, 0.4) is 0 Å². The fourth-order valence-corrected chi connectivity index (χ4v) is 10.8. The second kappa shape index (κ2) is 13.7. The Morgan fingerprint density at radius 3 is 1.82 bits per heavy atom. The Bertz CT molecular complexity index is 4120. The van der Waals surface area contributed by atoms with Gasteiger partial charge in [-0.2, -0.15) is 0 Å². The minimum atomic E-state index is -0.109. The minimum Gasteiger partial charge on any atom is -0.456 e. The fraction of sp³-hybridized carbons (Fsp3) is 0.0492. The molecule has 0 N–H and O–H groups in total. The van der Waals surface area contributed by atoms with Gasteiger partial charge in [-0.05, 0) is 111 Å². The van der Waals surface area contributed by atoms with Gasteiger partial charge in [-0.3, -0.25) is 0 Å². The second-order valence-electron chi connectivity index (χ2n) is 18.1. The van der Waals surface area contributed by atoms with Gasteiger partial charge in [0, 0.05) is 49.2 Å². The first-order chi connectivity index (χ1) is 32.5. The first kappa shape index (κ1) is 36.9. The molecule has 4 aromatic heterocycles. The van der Waals surface area contributed by atoms with E-state index < -0.39 is 0 Å². The number of hydrogen-bond donors (Lipinski definition) is 0. The lowest BCUT2D eigenvalue weighted by atomic mass is 9.82. The summed E-state index contributed by atoms with van der Waals surface area (Å²) in [6.45, 7) is 4.71. The zero-order valence-electron chi connectivity index (χ0n) is 36.2. The Balaban J connectivity index is 0.980. The average Bonchev–Trinajstić information content (AvgIpc) is 4.09. The Labute approximate surface area is 379 Å². The molecule has 0 spiro atoms. The molecule has 0 radical (unpaired) electrons. The van der Waals surface area contributed by atoms with Gasteiger partial charge in [0.15, 0.2) is 11.4 Å². The van der Waals surface area contributed by atoms with Crippen molar-refractivity contribution in [3.63, 3.8) is 0 Å². The molecule has 9 aromatic carbocycles. The van der Waals surface area contributed by atoms with Gasteiger partial charge < -0.3 is 13.4 Å². The minimum absolute atomic E-state index is 0.109. The zero-order valence-corrected chi connectivity index (χ0v) is 36.2. The third kappa shape index (κ3) is 5.34. The van der Waals surface area contributed by atoms with E-state index in [1.54, 1.807) is 0 Å². The Morgan fingerprint density at radius 2 is 1.03 bits per heavy atom. The molecule has 0 saturated heterocycles. The second-order valence-corrected chi connectivity index (χ2v) is 18.1. The van der Waals surface area contributed by atoms with E-state index in [9.17, 15) is 0 Å². The summed E-state index contributed by atoms with van der Waals surface area (Å²) in [6.07, 6.45) is 0.